The Bertz CT molecular complexity index is 1150. The number of halogens is 1. The summed E-state index contributed by atoms with van der Waals surface area (Å²) in [5.74, 6) is -0.475. The summed E-state index contributed by atoms with van der Waals surface area (Å²) in [6.45, 7) is 2.05. The second kappa shape index (κ2) is 7.88. The van der Waals surface area contributed by atoms with Crippen molar-refractivity contribution in [2.24, 2.45) is 0 Å². The van der Waals surface area contributed by atoms with Gasteiger partial charge in [0.1, 0.15) is 5.82 Å². The fourth-order valence-electron chi connectivity index (χ4n) is 2.99. The van der Waals surface area contributed by atoms with Crippen LogP contribution in [0.2, 0.25) is 0 Å². The van der Waals surface area contributed by atoms with E-state index >= 15 is 0 Å². The highest BCUT2D eigenvalue weighted by molar-refractivity contribution is 7.71. The van der Waals surface area contributed by atoms with Crippen molar-refractivity contribution in [3.8, 4) is 0 Å². The van der Waals surface area contributed by atoms with Crippen LogP contribution in [-0.4, -0.2) is 26.6 Å². The molecule has 1 aromatic carbocycles. The van der Waals surface area contributed by atoms with Gasteiger partial charge in [-0.1, -0.05) is 6.07 Å². The summed E-state index contributed by atoms with van der Waals surface area (Å²) in [7, 11) is 0. The van der Waals surface area contributed by atoms with Crippen LogP contribution in [0.3, 0.4) is 0 Å². The number of amides is 2. The molecule has 0 aliphatic heterocycles. The van der Waals surface area contributed by atoms with E-state index in [0.717, 1.165) is 35.8 Å². The molecule has 150 valence electrons. The summed E-state index contributed by atoms with van der Waals surface area (Å²) < 4.78 is 15.8. The average Bonchev–Trinajstić information content (AvgIpc) is 3.36. The second-order valence-electron chi connectivity index (χ2n) is 6.82. The first-order valence-corrected chi connectivity index (χ1v) is 10.3. The number of thiophene rings is 1. The van der Waals surface area contributed by atoms with E-state index < -0.39 is 11.7 Å². The monoisotopic (exact) mass is 431 g/mol. The molecule has 3 N–H and O–H groups in total. The Labute approximate surface area is 175 Å². The zero-order valence-corrected chi connectivity index (χ0v) is 17.1. The molecule has 1 aliphatic rings. The summed E-state index contributed by atoms with van der Waals surface area (Å²) in [4.78, 5) is 25.4. The Morgan fingerprint density at radius 1 is 1.34 bits per heavy atom. The van der Waals surface area contributed by atoms with Crippen molar-refractivity contribution in [2.45, 2.75) is 32.4 Å². The summed E-state index contributed by atoms with van der Waals surface area (Å²) in [6, 6.07) is 7.52. The normalized spacial score (nSPS) is 13.3. The van der Waals surface area contributed by atoms with Gasteiger partial charge in [0.25, 0.3) is 11.8 Å². The molecule has 3 aromatic rings. The molecular weight excluding hydrogens is 413 g/mol. The second-order valence-corrected chi connectivity index (χ2v) is 8.25. The first-order chi connectivity index (χ1) is 13.9. The van der Waals surface area contributed by atoms with Gasteiger partial charge in [-0.15, -0.1) is 11.3 Å². The smallest absolute Gasteiger partial charge is 0.262 e. The van der Waals surface area contributed by atoms with Crippen molar-refractivity contribution in [1.82, 2.24) is 20.1 Å². The standard InChI is InChI=1S/C19H18FN5O2S2/c1-10-7-15(22-17(26)11-3-2-4-12(20)8-11)29-16(10)18(27)21-9-14-23-24-19(28)25(14)13-5-6-13/h2-4,7-8,13H,5-6,9H2,1H3,(H,21,27)(H,22,26)(H,24,28). The fourth-order valence-corrected chi connectivity index (χ4v) is 4.28. The van der Waals surface area contributed by atoms with Crippen LogP contribution in [0.5, 0.6) is 0 Å². The van der Waals surface area contributed by atoms with Crippen LogP contribution in [0.15, 0.2) is 30.3 Å². The number of aromatic nitrogens is 3. The Kier molecular flexibility index (Phi) is 5.29. The molecule has 0 unspecified atom stereocenters. The van der Waals surface area contributed by atoms with Gasteiger partial charge < -0.3 is 10.6 Å². The van der Waals surface area contributed by atoms with Gasteiger partial charge in [-0.3, -0.25) is 19.3 Å². The molecule has 0 atom stereocenters. The number of nitrogens with one attached hydrogen (secondary N) is 3. The van der Waals surface area contributed by atoms with Gasteiger partial charge in [0, 0.05) is 11.6 Å². The minimum atomic E-state index is -0.482. The van der Waals surface area contributed by atoms with Gasteiger partial charge in [-0.2, -0.15) is 5.10 Å². The minimum absolute atomic E-state index is 0.213. The number of carbonyl (C=O) groups is 2. The third-order valence-corrected chi connectivity index (χ3v) is 5.98. The molecule has 1 fully saturated rings. The maximum absolute atomic E-state index is 13.3. The molecule has 2 amide bonds. The maximum atomic E-state index is 13.3. The molecule has 7 nitrogen and oxygen atoms in total. The van der Waals surface area contributed by atoms with Crippen LogP contribution in [0, 0.1) is 17.5 Å². The van der Waals surface area contributed by atoms with Crippen molar-refractivity contribution >= 4 is 40.4 Å². The molecule has 29 heavy (non-hydrogen) atoms. The predicted octanol–water partition coefficient (Wildman–Crippen LogP) is 3.97. The number of H-pyrrole nitrogens is 1. The largest absolute Gasteiger partial charge is 0.344 e. The quantitative estimate of drug-likeness (QED) is 0.515. The molecule has 0 saturated heterocycles. The molecule has 0 radical (unpaired) electrons. The van der Waals surface area contributed by atoms with Crippen molar-refractivity contribution in [1.29, 1.82) is 0 Å². The van der Waals surface area contributed by atoms with Gasteiger partial charge in [0.05, 0.1) is 16.4 Å². The van der Waals surface area contributed by atoms with Gasteiger partial charge in [-0.05, 0) is 61.8 Å². The topological polar surface area (TPSA) is 91.8 Å². The number of hydrogen-bond donors (Lipinski definition) is 3. The van der Waals surface area contributed by atoms with Crippen molar-refractivity contribution in [2.75, 3.05) is 5.32 Å². The van der Waals surface area contributed by atoms with Crippen LogP contribution in [-0.2, 0) is 6.54 Å². The Hall–Kier alpha value is -2.85. The highest BCUT2D eigenvalue weighted by Crippen LogP contribution is 2.35. The van der Waals surface area contributed by atoms with E-state index in [9.17, 15) is 14.0 Å². The molecule has 2 aromatic heterocycles. The molecule has 10 heteroatoms. The molecule has 1 saturated carbocycles. The number of hydrogen-bond acceptors (Lipinski definition) is 5. The van der Waals surface area contributed by atoms with E-state index in [0.29, 0.717) is 26.5 Å². The lowest BCUT2D eigenvalue weighted by Crippen LogP contribution is -2.24. The summed E-state index contributed by atoms with van der Waals surface area (Å²) in [5.41, 5.74) is 0.952. The van der Waals surface area contributed by atoms with E-state index in [1.54, 1.807) is 13.0 Å². The van der Waals surface area contributed by atoms with Gasteiger partial charge in [-0.25, -0.2) is 4.39 Å². The summed E-state index contributed by atoms with van der Waals surface area (Å²) in [6.07, 6.45) is 2.13. The third kappa shape index (κ3) is 4.28. The molecule has 0 bridgehead atoms. The lowest BCUT2D eigenvalue weighted by molar-refractivity contribution is 0.0952. The van der Waals surface area contributed by atoms with E-state index in [1.165, 1.54) is 18.2 Å². The van der Waals surface area contributed by atoms with Crippen molar-refractivity contribution in [3.05, 3.63) is 62.7 Å². The van der Waals surface area contributed by atoms with Gasteiger partial charge in [0.2, 0.25) is 0 Å². The molecule has 0 spiro atoms. The van der Waals surface area contributed by atoms with Crippen LogP contribution in [0.4, 0.5) is 9.39 Å². The molecule has 2 heterocycles. The van der Waals surface area contributed by atoms with E-state index in [2.05, 4.69) is 20.8 Å². The number of benzene rings is 1. The fraction of sp³-hybridized carbons (Fsp3) is 0.263. The van der Waals surface area contributed by atoms with E-state index in [1.807, 2.05) is 4.57 Å². The van der Waals surface area contributed by atoms with Crippen LogP contribution >= 0.6 is 23.6 Å². The number of aromatic amines is 1. The van der Waals surface area contributed by atoms with Gasteiger partial charge >= 0.3 is 0 Å². The minimum Gasteiger partial charge on any atom is -0.344 e. The zero-order valence-electron chi connectivity index (χ0n) is 15.5. The highest BCUT2D eigenvalue weighted by atomic mass is 32.1. The van der Waals surface area contributed by atoms with E-state index in [-0.39, 0.29) is 18.0 Å². The molecule has 4 rings (SSSR count). The Balaban J connectivity index is 1.43. The third-order valence-electron chi connectivity index (χ3n) is 4.54. The van der Waals surface area contributed by atoms with Crippen LogP contribution in [0.25, 0.3) is 0 Å². The maximum Gasteiger partial charge on any atom is 0.262 e. The lowest BCUT2D eigenvalue weighted by Gasteiger charge is -2.06. The van der Waals surface area contributed by atoms with Gasteiger partial charge in [0.15, 0.2) is 10.6 Å². The highest BCUT2D eigenvalue weighted by Gasteiger charge is 2.27. The summed E-state index contributed by atoms with van der Waals surface area (Å²) >= 11 is 6.41. The predicted molar refractivity (Wildman–Crippen MR) is 110 cm³/mol. The van der Waals surface area contributed by atoms with Crippen LogP contribution in [0.1, 0.15) is 50.3 Å². The Morgan fingerprint density at radius 3 is 2.86 bits per heavy atom. The van der Waals surface area contributed by atoms with Crippen molar-refractivity contribution in [3.63, 3.8) is 0 Å². The lowest BCUT2D eigenvalue weighted by atomic mass is 10.2. The van der Waals surface area contributed by atoms with Crippen molar-refractivity contribution < 1.29 is 14.0 Å². The van der Waals surface area contributed by atoms with Crippen LogP contribution < -0.4 is 10.6 Å². The SMILES string of the molecule is Cc1cc(NC(=O)c2cccc(F)c2)sc1C(=O)NCc1n[nH]c(=S)n1C1CC1. The van der Waals surface area contributed by atoms with E-state index in [4.69, 9.17) is 12.2 Å². The first kappa shape index (κ1) is 19.5. The molecular formula is C19H18FN5O2S2. The number of rotatable bonds is 6. The number of carbonyl (C=O) groups excluding carboxylic acids is 2. The first-order valence-electron chi connectivity index (χ1n) is 9.03. The number of nitrogens with zero attached hydrogens (tertiary/aromatic N) is 2. The summed E-state index contributed by atoms with van der Waals surface area (Å²) in [5, 5.41) is 13.1. The Morgan fingerprint density at radius 2 is 2.14 bits per heavy atom. The number of aryl methyl sites for hydroxylation is 1. The molecule has 1 aliphatic carbocycles. The number of anilines is 1. The average molecular weight is 432 g/mol. The zero-order chi connectivity index (χ0) is 20.5.